The van der Waals surface area contributed by atoms with E-state index in [9.17, 15) is 4.79 Å². The maximum Gasteiger partial charge on any atom is 0.169 e. The Morgan fingerprint density at radius 3 is 2.69 bits per heavy atom. The Labute approximate surface area is 204 Å². The third-order valence-electron chi connectivity index (χ3n) is 5.83. The Hall–Kier alpha value is -4.37. The maximum absolute atomic E-state index is 11.8. The lowest BCUT2D eigenvalue weighted by molar-refractivity contribution is 0.102. The molecule has 0 aliphatic carbocycles. The van der Waals surface area contributed by atoms with Gasteiger partial charge in [-0.1, -0.05) is 0 Å². The molecule has 0 spiro atoms. The van der Waals surface area contributed by atoms with E-state index in [1.165, 1.54) is 11.3 Å². The van der Waals surface area contributed by atoms with Gasteiger partial charge in [0.05, 0.1) is 34.9 Å². The topological polar surface area (TPSA) is 109 Å². The van der Waals surface area contributed by atoms with Crippen LogP contribution < -0.4 is 4.74 Å². The minimum Gasteiger partial charge on any atom is -0.497 e. The molecule has 35 heavy (non-hydrogen) atoms. The summed E-state index contributed by atoms with van der Waals surface area (Å²) in [5, 5.41) is 7.57. The zero-order chi connectivity index (χ0) is 24.1. The molecule has 0 atom stereocenters. The van der Waals surface area contributed by atoms with Crippen molar-refractivity contribution in [1.29, 1.82) is 0 Å². The van der Waals surface area contributed by atoms with E-state index in [-0.39, 0.29) is 5.78 Å². The van der Waals surface area contributed by atoms with E-state index < -0.39 is 0 Å². The molecule has 0 radical (unpaired) electrons. The lowest BCUT2D eigenvalue weighted by Gasteiger charge is -2.06. The molecule has 5 aromatic heterocycles. The van der Waals surface area contributed by atoms with Gasteiger partial charge in [0.2, 0.25) is 0 Å². The van der Waals surface area contributed by atoms with Crippen LogP contribution >= 0.6 is 11.3 Å². The fourth-order valence-corrected chi connectivity index (χ4v) is 5.05. The number of nitrogens with zero attached hydrogens (tertiary/aromatic N) is 4. The molecule has 172 valence electrons. The highest BCUT2D eigenvalue weighted by atomic mass is 32.1. The number of hydrogen-bond donors (Lipinski definition) is 2. The first-order valence-corrected chi connectivity index (χ1v) is 11.8. The first-order chi connectivity index (χ1) is 17.0. The molecule has 0 fully saturated rings. The number of aromatic amines is 2. The number of rotatable bonds is 5. The van der Waals surface area contributed by atoms with Crippen LogP contribution in [0.1, 0.15) is 22.2 Å². The molecule has 5 heterocycles. The van der Waals surface area contributed by atoms with Crippen molar-refractivity contribution in [2.45, 2.75) is 13.8 Å². The third-order valence-corrected chi connectivity index (χ3v) is 7.05. The molecular formula is C26H20N6O2S. The number of fused-ring (bicyclic) bond motifs is 2. The van der Waals surface area contributed by atoms with Gasteiger partial charge >= 0.3 is 0 Å². The number of nitrogens with one attached hydrogen (secondary N) is 2. The highest BCUT2D eigenvalue weighted by Crippen LogP contribution is 2.35. The summed E-state index contributed by atoms with van der Waals surface area (Å²) in [5.41, 5.74) is 7.43. The lowest BCUT2D eigenvalue weighted by Crippen LogP contribution is -1.90. The number of aryl methyl sites for hydroxylation is 1. The molecule has 0 unspecified atom stereocenters. The first kappa shape index (κ1) is 21.2. The van der Waals surface area contributed by atoms with E-state index >= 15 is 0 Å². The molecule has 0 amide bonds. The molecule has 0 aliphatic heterocycles. The second kappa shape index (κ2) is 8.14. The van der Waals surface area contributed by atoms with Gasteiger partial charge in [-0.05, 0) is 61.9 Å². The first-order valence-electron chi connectivity index (χ1n) is 11.0. The largest absolute Gasteiger partial charge is 0.497 e. The molecule has 9 heteroatoms. The highest BCUT2D eigenvalue weighted by Gasteiger charge is 2.18. The summed E-state index contributed by atoms with van der Waals surface area (Å²) >= 11 is 1.43. The number of pyridine rings is 2. The summed E-state index contributed by atoms with van der Waals surface area (Å²) in [6.07, 6.45) is 3.51. The minimum atomic E-state index is 0.0419. The number of thiophene rings is 1. The van der Waals surface area contributed by atoms with E-state index in [4.69, 9.17) is 14.7 Å². The van der Waals surface area contributed by atoms with E-state index in [2.05, 4.69) is 26.2 Å². The molecule has 6 aromatic rings. The smallest absolute Gasteiger partial charge is 0.169 e. The summed E-state index contributed by atoms with van der Waals surface area (Å²) < 4.78 is 5.43. The minimum absolute atomic E-state index is 0.0419. The summed E-state index contributed by atoms with van der Waals surface area (Å²) in [6.45, 7) is 3.60. The van der Waals surface area contributed by atoms with Gasteiger partial charge < -0.3 is 9.72 Å². The number of benzene rings is 1. The number of imidazole rings is 1. The Kier molecular flexibility index (Phi) is 4.93. The molecule has 0 bridgehead atoms. The van der Waals surface area contributed by atoms with E-state index in [0.717, 1.165) is 49.6 Å². The summed E-state index contributed by atoms with van der Waals surface area (Å²) in [6, 6.07) is 13.7. The van der Waals surface area contributed by atoms with Crippen LogP contribution in [0.4, 0.5) is 0 Å². The van der Waals surface area contributed by atoms with Gasteiger partial charge in [0.1, 0.15) is 16.8 Å². The average molecular weight is 481 g/mol. The fraction of sp³-hybridized carbons (Fsp3) is 0.115. The molecular weight excluding hydrogens is 460 g/mol. The van der Waals surface area contributed by atoms with Crippen molar-refractivity contribution in [1.82, 2.24) is 30.1 Å². The molecule has 2 N–H and O–H groups in total. The third kappa shape index (κ3) is 3.66. The molecule has 0 saturated carbocycles. The van der Waals surface area contributed by atoms with Crippen LogP contribution in [-0.4, -0.2) is 43.0 Å². The Morgan fingerprint density at radius 2 is 1.89 bits per heavy atom. The standard InChI is InChI=1S/C26H20N6O2S/c1-13-8-15(10-16(9-13)34-3)18-4-5-19-24(28-18)25(32-31-19)26-29-20-12-27-11-17(23(20)30-26)22-7-6-21(35-22)14(2)33/h4-12H,1-3H3,(H,29,30)(H,31,32). The number of aromatic nitrogens is 6. The van der Waals surface area contributed by atoms with Gasteiger partial charge in [-0.2, -0.15) is 5.10 Å². The zero-order valence-corrected chi connectivity index (χ0v) is 20.0. The van der Waals surface area contributed by atoms with Gasteiger partial charge in [-0.15, -0.1) is 11.3 Å². The van der Waals surface area contributed by atoms with Crippen LogP contribution in [-0.2, 0) is 0 Å². The van der Waals surface area contributed by atoms with Crippen molar-refractivity contribution in [3.63, 3.8) is 0 Å². The van der Waals surface area contributed by atoms with E-state index in [1.54, 1.807) is 26.4 Å². The van der Waals surface area contributed by atoms with Gasteiger partial charge in [0.25, 0.3) is 0 Å². The van der Waals surface area contributed by atoms with E-state index in [1.807, 2.05) is 43.3 Å². The number of hydrogen-bond acceptors (Lipinski definition) is 7. The second-order valence-electron chi connectivity index (χ2n) is 8.29. The Morgan fingerprint density at radius 1 is 1.00 bits per heavy atom. The summed E-state index contributed by atoms with van der Waals surface area (Å²) in [7, 11) is 1.66. The van der Waals surface area contributed by atoms with Gasteiger partial charge in [-0.3, -0.25) is 14.9 Å². The van der Waals surface area contributed by atoms with Crippen molar-refractivity contribution in [2.24, 2.45) is 0 Å². The second-order valence-corrected chi connectivity index (χ2v) is 9.38. The normalized spacial score (nSPS) is 11.4. The monoisotopic (exact) mass is 480 g/mol. The summed E-state index contributed by atoms with van der Waals surface area (Å²) in [4.78, 5) is 30.9. The van der Waals surface area contributed by atoms with Gasteiger partial charge in [0, 0.05) is 22.2 Å². The van der Waals surface area contributed by atoms with Crippen molar-refractivity contribution in [3.8, 4) is 39.0 Å². The molecule has 0 aliphatic rings. The van der Waals surface area contributed by atoms with Crippen molar-refractivity contribution in [3.05, 3.63) is 65.3 Å². The van der Waals surface area contributed by atoms with Crippen molar-refractivity contribution < 1.29 is 9.53 Å². The van der Waals surface area contributed by atoms with Gasteiger partial charge in [-0.25, -0.2) is 9.97 Å². The number of ether oxygens (including phenoxy) is 1. The Balaban J connectivity index is 1.47. The van der Waals surface area contributed by atoms with Crippen molar-refractivity contribution >= 4 is 39.2 Å². The average Bonchev–Trinajstić information content (AvgIpc) is 3.60. The predicted molar refractivity (Wildman–Crippen MR) is 137 cm³/mol. The molecule has 6 rings (SSSR count). The number of Topliss-reactive ketones (excluding diaryl/α,β-unsaturated/α-hetero) is 1. The number of carbonyl (C=O) groups is 1. The number of carbonyl (C=O) groups excluding carboxylic acids is 1. The number of H-pyrrole nitrogens is 2. The van der Waals surface area contributed by atoms with Crippen LogP contribution in [0.2, 0.25) is 0 Å². The van der Waals surface area contributed by atoms with Crippen molar-refractivity contribution in [2.75, 3.05) is 7.11 Å². The molecule has 1 aromatic carbocycles. The highest BCUT2D eigenvalue weighted by molar-refractivity contribution is 7.17. The Bertz CT molecular complexity index is 1750. The molecule has 8 nitrogen and oxygen atoms in total. The quantitative estimate of drug-likeness (QED) is 0.301. The van der Waals surface area contributed by atoms with Crippen LogP contribution in [0.5, 0.6) is 5.75 Å². The lowest BCUT2D eigenvalue weighted by atomic mass is 10.1. The predicted octanol–water partition coefficient (Wildman–Crippen LogP) is 5.81. The molecule has 0 saturated heterocycles. The number of ketones is 1. The van der Waals surface area contributed by atoms with Crippen LogP contribution in [0, 0.1) is 6.92 Å². The van der Waals surface area contributed by atoms with Crippen LogP contribution in [0.25, 0.3) is 55.3 Å². The van der Waals surface area contributed by atoms with Crippen LogP contribution in [0.15, 0.2) is 54.9 Å². The van der Waals surface area contributed by atoms with E-state index in [0.29, 0.717) is 21.9 Å². The SMILES string of the molecule is COc1cc(C)cc(-c2ccc3[nH]nc(-c4nc5c(-c6ccc(C(C)=O)s6)cncc5[nH]4)c3n2)c1. The fourth-order valence-electron chi connectivity index (χ4n) is 4.14. The number of methoxy groups -OCH3 is 1. The summed E-state index contributed by atoms with van der Waals surface area (Å²) in [5.74, 6) is 1.42. The maximum atomic E-state index is 11.8. The zero-order valence-electron chi connectivity index (χ0n) is 19.2. The van der Waals surface area contributed by atoms with Crippen LogP contribution in [0.3, 0.4) is 0 Å². The van der Waals surface area contributed by atoms with Gasteiger partial charge in [0.15, 0.2) is 17.3 Å².